The Balaban J connectivity index is 1.67. The minimum Gasteiger partial charge on any atom is -0.369 e. The monoisotopic (exact) mass is 417 g/mol. The van der Waals surface area contributed by atoms with Gasteiger partial charge in [0, 0.05) is 6.54 Å². The zero-order valence-electron chi connectivity index (χ0n) is 19.8. The van der Waals surface area contributed by atoms with Crippen molar-refractivity contribution >= 4 is 11.9 Å². The summed E-state index contributed by atoms with van der Waals surface area (Å²) in [5.74, 6) is 2.64. The van der Waals surface area contributed by atoms with Crippen LogP contribution in [0.15, 0.2) is 4.99 Å². The average molecular weight is 418 g/mol. The Kier molecular flexibility index (Phi) is 9.07. The number of carbonyl (C=O) groups is 1. The third-order valence-corrected chi connectivity index (χ3v) is 8.09. The molecule has 2 saturated carbocycles. The van der Waals surface area contributed by atoms with E-state index in [0.717, 1.165) is 31.7 Å². The lowest BCUT2D eigenvalue weighted by Gasteiger charge is -2.33. The number of hydrogen-bond donors (Lipinski definition) is 1. The SMILES string of the molecule is CCCCCC(C)CN1C(=O)[C@@](CCC2CCCCC2)(CC2CCCCC2)N=C1N. The summed E-state index contributed by atoms with van der Waals surface area (Å²) >= 11 is 0. The van der Waals surface area contributed by atoms with Crippen LogP contribution in [0.25, 0.3) is 0 Å². The molecule has 3 aliphatic rings. The van der Waals surface area contributed by atoms with Crippen molar-refractivity contribution in [2.75, 3.05) is 6.54 Å². The average Bonchev–Trinajstić information content (AvgIpc) is 2.98. The third kappa shape index (κ3) is 6.23. The molecular formula is C26H47N3O. The Morgan fingerprint density at radius 3 is 2.30 bits per heavy atom. The van der Waals surface area contributed by atoms with Crippen molar-refractivity contribution in [1.29, 1.82) is 0 Å². The van der Waals surface area contributed by atoms with Gasteiger partial charge in [-0.2, -0.15) is 0 Å². The van der Waals surface area contributed by atoms with Gasteiger partial charge in [0.2, 0.25) is 0 Å². The maximum atomic E-state index is 13.8. The van der Waals surface area contributed by atoms with E-state index >= 15 is 0 Å². The van der Waals surface area contributed by atoms with Crippen molar-refractivity contribution in [1.82, 2.24) is 4.90 Å². The van der Waals surface area contributed by atoms with Gasteiger partial charge < -0.3 is 5.73 Å². The summed E-state index contributed by atoms with van der Waals surface area (Å²) in [6.07, 6.45) is 21.2. The topological polar surface area (TPSA) is 58.7 Å². The Labute approximate surface area is 185 Å². The van der Waals surface area contributed by atoms with Crippen molar-refractivity contribution in [3.05, 3.63) is 0 Å². The number of rotatable bonds is 11. The number of nitrogens with zero attached hydrogens (tertiary/aromatic N) is 2. The maximum absolute atomic E-state index is 13.8. The summed E-state index contributed by atoms with van der Waals surface area (Å²) in [5.41, 5.74) is 5.85. The Hall–Kier alpha value is -1.06. The number of amides is 1. The van der Waals surface area contributed by atoms with E-state index in [-0.39, 0.29) is 5.91 Å². The van der Waals surface area contributed by atoms with E-state index < -0.39 is 5.54 Å². The summed E-state index contributed by atoms with van der Waals surface area (Å²) < 4.78 is 0. The fourth-order valence-corrected chi connectivity index (χ4v) is 6.19. The van der Waals surface area contributed by atoms with E-state index in [1.54, 1.807) is 0 Å². The predicted octanol–water partition coefficient (Wildman–Crippen LogP) is 6.43. The normalized spacial score (nSPS) is 27.5. The molecule has 0 saturated heterocycles. The molecule has 1 unspecified atom stereocenters. The van der Waals surface area contributed by atoms with Crippen LogP contribution >= 0.6 is 0 Å². The van der Waals surface area contributed by atoms with E-state index in [2.05, 4.69) is 13.8 Å². The van der Waals surface area contributed by atoms with Crippen LogP contribution in [-0.2, 0) is 4.79 Å². The van der Waals surface area contributed by atoms with Gasteiger partial charge in [-0.3, -0.25) is 9.69 Å². The van der Waals surface area contributed by atoms with Gasteiger partial charge in [0.25, 0.3) is 5.91 Å². The number of guanidine groups is 1. The second-order valence-corrected chi connectivity index (χ2v) is 10.8. The lowest BCUT2D eigenvalue weighted by Crippen LogP contribution is -2.47. The van der Waals surface area contributed by atoms with Crippen molar-refractivity contribution in [2.24, 2.45) is 28.5 Å². The zero-order valence-corrected chi connectivity index (χ0v) is 19.8. The van der Waals surface area contributed by atoms with Crippen molar-refractivity contribution in [2.45, 2.75) is 129 Å². The van der Waals surface area contributed by atoms with Crippen LogP contribution in [0, 0.1) is 17.8 Å². The Morgan fingerprint density at radius 1 is 1.03 bits per heavy atom. The molecule has 1 heterocycles. The minimum atomic E-state index is -0.563. The summed E-state index contributed by atoms with van der Waals surface area (Å²) in [4.78, 5) is 20.6. The Morgan fingerprint density at radius 2 is 1.67 bits per heavy atom. The Bertz CT molecular complexity index is 563. The molecule has 0 aromatic carbocycles. The molecule has 0 aromatic rings. The smallest absolute Gasteiger partial charge is 0.257 e. The second kappa shape index (κ2) is 11.5. The molecule has 0 bridgehead atoms. The fraction of sp³-hybridized carbons (Fsp3) is 0.923. The number of unbranched alkanes of at least 4 members (excludes halogenated alkanes) is 2. The summed E-state index contributed by atoms with van der Waals surface area (Å²) in [6.45, 7) is 5.25. The number of aliphatic imine (C=N–C) groups is 1. The first-order chi connectivity index (χ1) is 14.5. The summed E-state index contributed by atoms with van der Waals surface area (Å²) in [6, 6.07) is 0. The van der Waals surface area contributed by atoms with Crippen LogP contribution in [0.5, 0.6) is 0 Å². The molecule has 0 aromatic heterocycles. The minimum absolute atomic E-state index is 0.226. The first kappa shape index (κ1) is 23.6. The molecule has 2 atom stereocenters. The number of hydrogen-bond acceptors (Lipinski definition) is 3. The van der Waals surface area contributed by atoms with Crippen LogP contribution in [0.4, 0.5) is 0 Å². The molecule has 4 nitrogen and oxygen atoms in total. The quantitative estimate of drug-likeness (QED) is 0.394. The van der Waals surface area contributed by atoms with E-state index in [1.165, 1.54) is 89.9 Å². The highest BCUT2D eigenvalue weighted by atomic mass is 16.2. The molecule has 0 spiro atoms. The van der Waals surface area contributed by atoms with Gasteiger partial charge in [-0.25, -0.2) is 4.99 Å². The zero-order chi connectivity index (χ0) is 21.4. The van der Waals surface area contributed by atoms with E-state index in [9.17, 15) is 4.79 Å². The first-order valence-electron chi connectivity index (χ1n) is 13.2. The molecule has 3 rings (SSSR count). The van der Waals surface area contributed by atoms with E-state index in [4.69, 9.17) is 10.7 Å². The summed E-state index contributed by atoms with van der Waals surface area (Å²) in [7, 11) is 0. The highest BCUT2D eigenvalue weighted by molar-refractivity contribution is 6.06. The molecule has 1 aliphatic heterocycles. The van der Waals surface area contributed by atoms with Gasteiger partial charge in [-0.1, -0.05) is 97.3 Å². The van der Waals surface area contributed by atoms with E-state index in [1.807, 2.05) is 4.90 Å². The van der Waals surface area contributed by atoms with Crippen LogP contribution < -0.4 is 5.73 Å². The molecule has 2 fully saturated rings. The molecule has 1 amide bonds. The predicted molar refractivity (Wildman–Crippen MR) is 126 cm³/mol. The van der Waals surface area contributed by atoms with Gasteiger partial charge in [-0.15, -0.1) is 0 Å². The van der Waals surface area contributed by atoms with Crippen LogP contribution in [0.2, 0.25) is 0 Å². The molecule has 0 radical (unpaired) electrons. The molecule has 30 heavy (non-hydrogen) atoms. The largest absolute Gasteiger partial charge is 0.369 e. The van der Waals surface area contributed by atoms with Crippen LogP contribution in [0.3, 0.4) is 0 Å². The maximum Gasteiger partial charge on any atom is 0.257 e. The van der Waals surface area contributed by atoms with E-state index in [0.29, 0.717) is 17.8 Å². The molecule has 2 N–H and O–H groups in total. The molecule has 172 valence electrons. The second-order valence-electron chi connectivity index (χ2n) is 10.8. The number of carbonyl (C=O) groups excluding carboxylic acids is 1. The first-order valence-corrected chi connectivity index (χ1v) is 13.2. The fourth-order valence-electron chi connectivity index (χ4n) is 6.19. The van der Waals surface area contributed by atoms with Gasteiger partial charge >= 0.3 is 0 Å². The molecular weight excluding hydrogens is 370 g/mol. The standard InChI is InChI=1S/C26H47N3O/c1-3-4-7-12-21(2)20-29-24(30)26(28-25(29)27,19-23-15-10-6-11-16-23)18-17-22-13-8-5-9-14-22/h21-23H,3-20H2,1-2H3,(H2,27,28)/t21?,26-/m1/s1. The van der Waals surface area contributed by atoms with Crippen molar-refractivity contribution in [3.63, 3.8) is 0 Å². The lowest BCUT2D eigenvalue weighted by atomic mass is 9.75. The lowest BCUT2D eigenvalue weighted by molar-refractivity contribution is -0.132. The highest BCUT2D eigenvalue weighted by Crippen LogP contribution is 2.41. The van der Waals surface area contributed by atoms with Gasteiger partial charge in [-0.05, 0) is 43.4 Å². The molecule has 2 aliphatic carbocycles. The van der Waals surface area contributed by atoms with Gasteiger partial charge in [0.15, 0.2) is 5.96 Å². The number of nitrogens with two attached hydrogens (primary N) is 1. The van der Waals surface area contributed by atoms with Crippen molar-refractivity contribution in [3.8, 4) is 0 Å². The highest BCUT2D eigenvalue weighted by Gasteiger charge is 2.48. The third-order valence-electron chi connectivity index (χ3n) is 8.09. The van der Waals surface area contributed by atoms with Crippen LogP contribution in [-0.4, -0.2) is 28.9 Å². The van der Waals surface area contributed by atoms with Crippen LogP contribution in [0.1, 0.15) is 123 Å². The van der Waals surface area contributed by atoms with Gasteiger partial charge in [0.1, 0.15) is 5.54 Å². The summed E-state index contributed by atoms with van der Waals surface area (Å²) in [5, 5.41) is 0. The van der Waals surface area contributed by atoms with Gasteiger partial charge in [0.05, 0.1) is 0 Å². The van der Waals surface area contributed by atoms with Crippen molar-refractivity contribution < 1.29 is 4.79 Å². The molecule has 4 heteroatoms.